The zero-order valence-electron chi connectivity index (χ0n) is 15.0. The Bertz CT molecular complexity index is 1010. The van der Waals surface area contributed by atoms with Crippen LogP contribution in [0, 0.1) is 5.92 Å². The molecule has 10 heteroatoms. The van der Waals surface area contributed by atoms with Crippen molar-refractivity contribution in [2.24, 2.45) is 5.92 Å². The average Bonchev–Trinajstić information content (AvgIpc) is 3.15. The van der Waals surface area contributed by atoms with Gasteiger partial charge in [0.05, 0.1) is 6.42 Å². The van der Waals surface area contributed by atoms with Gasteiger partial charge in [-0.15, -0.1) is 14.8 Å². The van der Waals surface area contributed by atoms with E-state index in [1.54, 1.807) is 24.3 Å². The highest BCUT2D eigenvalue weighted by Gasteiger charge is 2.26. The third-order valence-corrected chi connectivity index (χ3v) is 4.80. The number of aliphatic carboxylic acids is 1. The van der Waals surface area contributed by atoms with Crippen molar-refractivity contribution < 1.29 is 14.7 Å². The molecule has 2 N–H and O–H groups in total. The molecule has 3 aromatic rings. The summed E-state index contributed by atoms with van der Waals surface area (Å²) < 4.78 is 1.39. The number of piperidine rings is 1. The van der Waals surface area contributed by atoms with Crippen LogP contribution < -0.4 is 10.2 Å². The Kier molecular flexibility index (Phi) is 4.83. The van der Waals surface area contributed by atoms with Crippen LogP contribution in [0.5, 0.6) is 0 Å². The Morgan fingerprint density at radius 2 is 2.00 bits per heavy atom. The maximum absolute atomic E-state index is 12.6. The highest BCUT2D eigenvalue weighted by molar-refractivity contribution is 5.92. The molecule has 1 saturated heterocycles. The number of hydrogen-bond donors (Lipinski definition) is 2. The van der Waals surface area contributed by atoms with Crippen molar-refractivity contribution in [1.82, 2.24) is 25.3 Å². The van der Waals surface area contributed by atoms with Gasteiger partial charge in [-0.25, -0.2) is 0 Å². The van der Waals surface area contributed by atoms with Gasteiger partial charge in [-0.3, -0.25) is 9.59 Å². The number of nitrogens with one attached hydrogen (secondary N) is 1. The number of rotatable bonds is 5. The Hall–Kier alpha value is -3.56. The summed E-state index contributed by atoms with van der Waals surface area (Å²) in [5, 5.41) is 27.4. The second-order valence-corrected chi connectivity index (χ2v) is 6.74. The first-order valence-corrected chi connectivity index (χ1v) is 9.00. The molecule has 3 heterocycles. The number of carbonyl (C=O) groups is 2. The molecule has 0 unspecified atom stereocenters. The average molecular weight is 381 g/mol. The third-order valence-electron chi connectivity index (χ3n) is 4.80. The molecule has 28 heavy (non-hydrogen) atoms. The number of nitrogens with zero attached hydrogens (tertiary/aromatic N) is 6. The van der Waals surface area contributed by atoms with Crippen LogP contribution in [-0.2, 0) is 16.0 Å². The van der Waals surface area contributed by atoms with E-state index in [0.717, 1.165) is 5.82 Å². The fourth-order valence-corrected chi connectivity index (χ4v) is 3.36. The first kappa shape index (κ1) is 17.8. The molecule has 1 aliphatic heterocycles. The normalized spacial score (nSPS) is 14.9. The van der Waals surface area contributed by atoms with Gasteiger partial charge in [-0.05, 0) is 53.1 Å². The van der Waals surface area contributed by atoms with Crippen LogP contribution in [0.3, 0.4) is 0 Å². The number of hydrogen-bond acceptors (Lipinski definition) is 7. The van der Waals surface area contributed by atoms with Crippen LogP contribution >= 0.6 is 0 Å². The van der Waals surface area contributed by atoms with E-state index in [1.807, 2.05) is 12.1 Å². The summed E-state index contributed by atoms with van der Waals surface area (Å²) in [5.74, 6) is -0.267. The maximum atomic E-state index is 12.6. The van der Waals surface area contributed by atoms with Crippen molar-refractivity contribution in [1.29, 1.82) is 0 Å². The molecule has 0 bridgehead atoms. The van der Waals surface area contributed by atoms with Crippen molar-refractivity contribution in [2.75, 3.05) is 23.3 Å². The minimum Gasteiger partial charge on any atom is -0.481 e. The fourth-order valence-electron chi connectivity index (χ4n) is 3.36. The van der Waals surface area contributed by atoms with Crippen LogP contribution in [0.1, 0.15) is 18.4 Å². The molecule has 10 nitrogen and oxygen atoms in total. The zero-order chi connectivity index (χ0) is 19.5. The molecule has 1 fully saturated rings. The lowest BCUT2D eigenvalue weighted by atomic mass is 9.95. The summed E-state index contributed by atoms with van der Waals surface area (Å²) in [6.07, 6.45) is 1.34. The van der Waals surface area contributed by atoms with Crippen molar-refractivity contribution in [3.8, 4) is 0 Å². The largest absolute Gasteiger partial charge is 0.481 e. The van der Waals surface area contributed by atoms with E-state index in [-0.39, 0.29) is 18.2 Å². The Balaban J connectivity index is 1.35. The van der Waals surface area contributed by atoms with E-state index in [1.165, 1.54) is 4.63 Å². The van der Waals surface area contributed by atoms with Crippen molar-refractivity contribution >= 4 is 29.0 Å². The molecular formula is C18H19N7O3. The molecule has 1 aromatic carbocycles. The number of carboxylic acids is 1. The number of carbonyl (C=O) groups excluding carboxylic acids is 1. The van der Waals surface area contributed by atoms with Crippen molar-refractivity contribution in [2.45, 2.75) is 19.3 Å². The Labute approximate surface area is 160 Å². The van der Waals surface area contributed by atoms with Crippen molar-refractivity contribution in [3.63, 3.8) is 0 Å². The SMILES string of the molecule is O=C(O)Cc1cccc(NC(=O)C2CCN(c3ccc4nnnn4n3)CC2)c1. The van der Waals surface area contributed by atoms with Crippen LogP contribution in [0.2, 0.25) is 0 Å². The van der Waals surface area contributed by atoms with E-state index < -0.39 is 5.97 Å². The number of aromatic nitrogens is 5. The molecule has 0 saturated carbocycles. The molecular weight excluding hydrogens is 362 g/mol. The van der Waals surface area contributed by atoms with Gasteiger partial charge in [0.2, 0.25) is 5.91 Å². The van der Waals surface area contributed by atoms with Gasteiger partial charge in [0, 0.05) is 24.7 Å². The van der Waals surface area contributed by atoms with Gasteiger partial charge >= 0.3 is 5.97 Å². The summed E-state index contributed by atoms with van der Waals surface area (Å²) in [5.41, 5.74) is 1.87. The fraction of sp³-hybridized carbons (Fsp3) is 0.333. The summed E-state index contributed by atoms with van der Waals surface area (Å²) in [4.78, 5) is 25.5. The first-order chi connectivity index (χ1) is 13.6. The van der Waals surface area contributed by atoms with E-state index in [9.17, 15) is 9.59 Å². The second-order valence-electron chi connectivity index (χ2n) is 6.74. The molecule has 0 radical (unpaired) electrons. The third kappa shape index (κ3) is 3.90. The van der Waals surface area contributed by atoms with Crippen LogP contribution in [0.4, 0.5) is 11.5 Å². The quantitative estimate of drug-likeness (QED) is 0.670. The van der Waals surface area contributed by atoms with E-state index >= 15 is 0 Å². The van der Waals surface area contributed by atoms with Gasteiger partial charge in [0.1, 0.15) is 0 Å². The predicted octanol–water partition coefficient (Wildman–Crippen LogP) is 1.00. The van der Waals surface area contributed by atoms with Gasteiger partial charge in [0.25, 0.3) is 0 Å². The number of anilines is 2. The number of carboxylic acid groups (broad SMARTS) is 1. The smallest absolute Gasteiger partial charge is 0.307 e. The van der Waals surface area contributed by atoms with E-state index in [0.29, 0.717) is 42.8 Å². The molecule has 1 aliphatic rings. The monoisotopic (exact) mass is 381 g/mol. The van der Waals surface area contributed by atoms with Crippen LogP contribution in [0.15, 0.2) is 36.4 Å². The minimum atomic E-state index is -0.899. The highest BCUT2D eigenvalue weighted by atomic mass is 16.4. The predicted molar refractivity (Wildman–Crippen MR) is 99.9 cm³/mol. The van der Waals surface area contributed by atoms with Crippen molar-refractivity contribution in [3.05, 3.63) is 42.0 Å². The first-order valence-electron chi connectivity index (χ1n) is 9.00. The number of amides is 1. The molecule has 2 aromatic heterocycles. The van der Waals surface area contributed by atoms with E-state index in [4.69, 9.17) is 5.11 Å². The molecule has 0 aliphatic carbocycles. The summed E-state index contributed by atoms with van der Waals surface area (Å²) in [7, 11) is 0. The lowest BCUT2D eigenvalue weighted by molar-refractivity contribution is -0.136. The van der Waals surface area contributed by atoms with Crippen LogP contribution in [0.25, 0.3) is 5.65 Å². The number of benzene rings is 1. The molecule has 144 valence electrons. The summed E-state index contributed by atoms with van der Waals surface area (Å²) in [6, 6.07) is 10.6. The van der Waals surface area contributed by atoms with Gasteiger partial charge in [-0.1, -0.05) is 12.1 Å². The van der Waals surface area contributed by atoms with Gasteiger partial charge in [0.15, 0.2) is 11.5 Å². The van der Waals surface area contributed by atoms with E-state index in [2.05, 4.69) is 30.8 Å². The number of tetrazole rings is 1. The van der Waals surface area contributed by atoms with Gasteiger partial charge < -0.3 is 15.3 Å². The lowest BCUT2D eigenvalue weighted by Gasteiger charge is -2.31. The molecule has 0 spiro atoms. The Morgan fingerprint density at radius 3 is 2.79 bits per heavy atom. The molecule has 0 atom stereocenters. The Morgan fingerprint density at radius 1 is 1.18 bits per heavy atom. The summed E-state index contributed by atoms with van der Waals surface area (Å²) >= 11 is 0. The number of fused-ring (bicyclic) bond motifs is 1. The maximum Gasteiger partial charge on any atom is 0.307 e. The minimum absolute atomic E-state index is 0.0454. The lowest BCUT2D eigenvalue weighted by Crippen LogP contribution is -2.38. The van der Waals surface area contributed by atoms with Gasteiger partial charge in [-0.2, -0.15) is 0 Å². The topological polar surface area (TPSA) is 126 Å². The van der Waals surface area contributed by atoms with Crippen LogP contribution in [-0.4, -0.2) is 55.3 Å². The molecule has 1 amide bonds. The molecule has 4 rings (SSSR count). The standard InChI is InChI=1S/C18H19N7O3/c26-17(27)11-12-2-1-3-14(10-12)19-18(28)13-6-8-24(9-7-13)16-5-4-15-20-22-23-25(15)21-16/h1-5,10,13H,6-9,11H2,(H,19,28)(H,26,27). The zero-order valence-corrected chi connectivity index (χ0v) is 15.0. The second kappa shape index (κ2) is 7.59. The highest BCUT2D eigenvalue weighted by Crippen LogP contribution is 2.23. The summed E-state index contributed by atoms with van der Waals surface area (Å²) in [6.45, 7) is 1.41.